The number of aromatic nitrogens is 4. The van der Waals surface area contributed by atoms with Crippen molar-refractivity contribution in [3.05, 3.63) is 42.2 Å². The van der Waals surface area contributed by atoms with Gasteiger partial charge in [0.2, 0.25) is 5.91 Å². The van der Waals surface area contributed by atoms with Gasteiger partial charge in [0.05, 0.1) is 24.5 Å². The fourth-order valence-corrected chi connectivity index (χ4v) is 3.76. The molecule has 3 aromatic rings. The number of likely N-dealkylation sites (tertiary alicyclic amines) is 1. The molecule has 0 N–H and O–H groups in total. The van der Waals surface area contributed by atoms with Crippen LogP contribution in [0.25, 0.3) is 4.96 Å². The van der Waals surface area contributed by atoms with Crippen molar-refractivity contribution in [3.8, 4) is 0 Å². The Hall–Kier alpha value is -2.15. The number of imidazole rings is 2. The van der Waals surface area contributed by atoms with Crippen LogP contribution in [0, 0.1) is 0 Å². The smallest absolute Gasteiger partial charge is 0.228 e. The quantitative estimate of drug-likeness (QED) is 0.743. The van der Waals surface area contributed by atoms with Gasteiger partial charge in [-0.2, -0.15) is 0 Å². The molecule has 114 valence electrons. The summed E-state index contributed by atoms with van der Waals surface area (Å²) < 4.78 is 4.07. The highest BCUT2D eigenvalue weighted by molar-refractivity contribution is 7.15. The predicted molar refractivity (Wildman–Crippen MR) is 83.9 cm³/mol. The molecule has 22 heavy (non-hydrogen) atoms. The second kappa shape index (κ2) is 5.57. The maximum atomic E-state index is 12.5. The standard InChI is InChI=1S/C15H17N5OS/c21-14(8-12-9-19-6-7-22-15(19)17-12)18-4-1-2-13(10-18)20-5-3-16-11-20/h3,5-7,9,11,13H,1-2,4,8,10H2/t13-/m1/s1. The van der Waals surface area contributed by atoms with Gasteiger partial charge in [-0.25, -0.2) is 9.97 Å². The molecule has 0 unspecified atom stereocenters. The van der Waals surface area contributed by atoms with E-state index in [0.29, 0.717) is 12.5 Å². The topological polar surface area (TPSA) is 55.4 Å². The summed E-state index contributed by atoms with van der Waals surface area (Å²) in [5.74, 6) is 0.163. The van der Waals surface area contributed by atoms with E-state index in [2.05, 4.69) is 14.5 Å². The van der Waals surface area contributed by atoms with Gasteiger partial charge < -0.3 is 9.47 Å². The lowest BCUT2D eigenvalue weighted by Crippen LogP contribution is -2.41. The summed E-state index contributed by atoms with van der Waals surface area (Å²) in [5, 5.41) is 1.99. The number of thiazole rings is 1. The number of hydrogen-bond acceptors (Lipinski definition) is 4. The van der Waals surface area contributed by atoms with Crippen molar-refractivity contribution in [1.29, 1.82) is 0 Å². The van der Waals surface area contributed by atoms with E-state index in [1.165, 1.54) is 0 Å². The SMILES string of the molecule is O=C(Cc1cn2ccsc2n1)N1CCC[C@@H](n2ccnc2)C1. The average molecular weight is 315 g/mol. The molecule has 3 aromatic heterocycles. The van der Waals surface area contributed by atoms with Crippen molar-refractivity contribution < 1.29 is 4.79 Å². The van der Waals surface area contributed by atoms with E-state index >= 15 is 0 Å². The third-order valence-corrected chi connectivity index (χ3v) is 4.94. The molecular weight excluding hydrogens is 298 g/mol. The maximum absolute atomic E-state index is 12.5. The van der Waals surface area contributed by atoms with Gasteiger partial charge in [0.1, 0.15) is 0 Å². The van der Waals surface area contributed by atoms with Crippen LogP contribution in [0.4, 0.5) is 0 Å². The molecule has 4 heterocycles. The monoisotopic (exact) mass is 315 g/mol. The number of fused-ring (bicyclic) bond motifs is 1. The molecular formula is C15H17N5OS. The van der Waals surface area contributed by atoms with E-state index in [9.17, 15) is 4.79 Å². The molecule has 4 rings (SSSR count). The molecule has 0 aliphatic carbocycles. The Morgan fingerprint density at radius 1 is 1.41 bits per heavy atom. The second-order valence-corrected chi connectivity index (χ2v) is 6.52. The minimum atomic E-state index is 0.163. The Labute approximate surface area is 132 Å². The lowest BCUT2D eigenvalue weighted by atomic mass is 10.1. The van der Waals surface area contributed by atoms with Crippen molar-refractivity contribution in [3.63, 3.8) is 0 Å². The molecule has 1 amide bonds. The molecule has 1 saturated heterocycles. The summed E-state index contributed by atoms with van der Waals surface area (Å²) in [5.41, 5.74) is 0.849. The summed E-state index contributed by atoms with van der Waals surface area (Å²) in [4.78, 5) is 24.0. The number of rotatable bonds is 3. The van der Waals surface area contributed by atoms with Gasteiger partial charge >= 0.3 is 0 Å². The minimum absolute atomic E-state index is 0.163. The molecule has 0 aromatic carbocycles. The van der Waals surface area contributed by atoms with Gasteiger partial charge in [0.25, 0.3) is 0 Å². The first-order chi connectivity index (χ1) is 10.8. The van der Waals surface area contributed by atoms with Crippen LogP contribution in [0.15, 0.2) is 36.5 Å². The largest absolute Gasteiger partial charge is 0.340 e. The Bertz CT molecular complexity index is 746. The van der Waals surface area contributed by atoms with Crippen LogP contribution in [0.3, 0.4) is 0 Å². The van der Waals surface area contributed by atoms with Crippen LogP contribution in [-0.2, 0) is 11.2 Å². The highest BCUT2D eigenvalue weighted by atomic mass is 32.1. The highest BCUT2D eigenvalue weighted by Gasteiger charge is 2.25. The van der Waals surface area contributed by atoms with Crippen LogP contribution in [0.5, 0.6) is 0 Å². The molecule has 0 spiro atoms. The molecule has 1 aliphatic rings. The lowest BCUT2D eigenvalue weighted by Gasteiger charge is -2.33. The van der Waals surface area contributed by atoms with E-state index < -0.39 is 0 Å². The fraction of sp³-hybridized carbons (Fsp3) is 0.400. The zero-order valence-electron chi connectivity index (χ0n) is 12.1. The van der Waals surface area contributed by atoms with E-state index in [1.807, 2.05) is 39.6 Å². The molecule has 0 radical (unpaired) electrons. The third-order valence-electron chi connectivity index (χ3n) is 4.17. The normalized spacial score (nSPS) is 18.9. The number of carbonyl (C=O) groups excluding carboxylic acids is 1. The summed E-state index contributed by atoms with van der Waals surface area (Å²) in [6.07, 6.45) is 12.0. The number of carbonyl (C=O) groups is 1. The molecule has 1 aliphatic heterocycles. The van der Waals surface area contributed by atoms with Gasteiger partial charge in [0.15, 0.2) is 4.96 Å². The molecule has 0 bridgehead atoms. The van der Waals surface area contributed by atoms with Crippen LogP contribution < -0.4 is 0 Å². The number of hydrogen-bond donors (Lipinski definition) is 0. The molecule has 7 heteroatoms. The van der Waals surface area contributed by atoms with Gasteiger partial charge in [-0.15, -0.1) is 11.3 Å². The minimum Gasteiger partial charge on any atom is -0.340 e. The van der Waals surface area contributed by atoms with Gasteiger partial charge in [-0.1, -0.05) is 0 Å². The summed E-state index contributed by atoms with van der Waals surface area (Å²) >= 11 is 1.59. The van der Waals surface area contributed by atoms with Crippen LogP contribution in [0.2, 0.25) is 0 Å². The van der Waals surface area contributed by atoms with Crippen molar-refractivity contribution >= 4 is 22.2 Å². The highest BCUT2D eigenvalue weighted by Crippen LogP contribution is 2.22. The van der Waals surface area contributed by atoms with Gasteiger partial charge in [0, 0.05) is 43.3 Å². The predicted octanol–water partition coefficient (Wildman–Crippen LogP) is 2.00. The average Bonchev–Trinajstić information content (AvgIpc) is 3.24. The van der Waals surface area contributed by atoms with Crippen molar-refractivity contribution in [2.75, 3.05) is 13.1 Å². The Kier molecular flexibility index (Phi) is 3.42. The Balaban J connectivity index is 1.44. The van der Waals surface area contributed by atoms with Crippen molar-refractivity contribution in [2.45, 2.75) is 25.3 Å². The zero-order valence-corrected chi connectivity index (χ0v) is 12.9. The summed E-state index contributed by atoms with van der Waals surface area (Å²) in [6.45, 7) is 1.60. The lowest BCUT2D eigenvalue weighted by molar-refractivity contribution is -0.132. The maximum Gasteiger partial charge on any atom is 0.228 e. The van der Waals surface area contributed by atoms with Crippen molar-refractivity contribution in [2.24, 2.45) is 0 Å². The van der Waals surface area contributed by atoms with Crippen molar-refractivity contribution in [1.82, 2.24) is 23.8 Å². The Morgan fingerprint density at radius 3 is 3.18 bits per heavy atom. The Morgan fingerprint density at radius 2 is 2.36 bits per heavy atom. The number of amides is 1. The number of piperidine rings is 1. The fourth-order valence-electron chi connectivity index (χ4n) is 3.04. The van der Waals surface area contributed by atoms with E-state index in [-0.39, 0.29) is 5.91 Å². The molecule has 1 fully saturated rings. The number of nitrogens with zero attached hydrogens (tertiary/aromatic N) is 5. The molecule has 1 atom stereocenters. The zero-order chi connectivity index (χ0) is 14.9. The van der Waals surface area contributed by atoms with E-state index in [0.717, 1.165) is 36.6 Å². The van der Waals surface area contributed by atoms with Crippen LogP contribution >= 0.6 is 11.3 Å². The first-order valence-electron chi connectivity index (χ1n) is 7.46. The third kappa shape index (κ3) is 2.52. The molecule has 0 saturated carbocycles. The van der Waals surface area contributed by atoms with Gasteiger partial charge in [-0.3, -0.25) is 9.20 Å². The summed E-state index contributed by atoms with van der Waals surface area (Å²) in [6, 6.07) is 0.339. The molecule has 6 nitrogen and oxygen atoms in total. The first-order valence-corrected chi connectivity index (χ1v) is 8.34. The van der Waals surface area contributed by atoms with E-state index in [4.69, 9.17) is 0 Å². The first kappa shape index (κ1) is 13.5. The summed E-state index contributed by atoms with van der Waals surface area (Å²) in [7, 11) is 0. The van der Waals surface area contributed by atoms with E-state index in [1.54, 1.807) is 17.5 Å². The van der Waals surface area contributed by atoms with Crippen LogP contribution in [0.1, 0.15) is 24.6 Å². The van der Waals surface area contributed by atoms with Gasteiger partial charge in [-0.05, 0) is 12.8 Å². The second-order valence-electron chi connectivity index (χ2n) is 5.65. The van der Waals surface area contributed by atoms with Crippen LogP contribution in [-0.4, -0.2) is 42.8 Å².